The summed E-state index contributed by atoms with van der Waals surface area (Å²) < 4.78 is 39.5. The number of amides is 1. The van der Waals surface area contributed by atoms with Crippen molar-refractivity contribution in [1.82, 2.24) is 4.98 Å². The van der Waals surface area contributed by atoms with E-state index in [9.17, 15) is 18.0 Å². The molecule has 0 saturated heterocycles. The minimum Gasteiger partial charge on any atom is -0.352 e. The van der Waals surface area contributed by atoms with Crippen LogP contribution in [0, 0.1) is 17.5 Å². The standard InChI is InChI=1S/C15H14F3N3O/c1-2-3-13(22)21-12-7-4-9(8-19-12)20-11-6-5-10(16)14(17)15(11)18/h4-8,20H,2-3H2,1H3,(H,19,21,22). The Morgan fingerprint density at radius 1 is 1.14 bits per heavy atom. The number of nitrogens with one attached hydrogen (secondary N) is 2. The largest absolute Gasteiger partial charge is 0.352 e. The van der Waals surface area contributed by atoms with E-state index in [-0.39, 0.29) is 11.6 Å². The highest BCUT2D eigenvalue weighted by molar-refractivity contribution is 5.89. The number of aromatic nitrogens is 1. The van der Waals surface area contributed by atoms with Gasteiger partial charge in [-0.15, -0.1) is 0 Å². The van der Waals surface area contributed by atoms with Crippen LogP contribution in [0.5, 0.6) is 0 Å². The van der Waals surface area contributed by atoms with Crippen LogP contribution in [0.2, 0.25) is 0 Å². The molecule has 4 nitrogen and oxygen atoms in total. The molecule has 0 saturated carbocycles. The van der Waals surface area contributed by atoms with E-state index in [2.05, 4.69) is 15.6 Å². The van der Waals surface area contributed by atoms with Crippen molar-refractivity contribution in [3.8, 4) is 0 Å². The quantitative estimate of drug-likeness (QED) is 0.821. The molecule has 0 fully saturated rings. The summed E-state index contributed by atoms with van der Waals surface area (Å²) in [5, 5.41) is 5.19. The van der Waals surface area contributed by atoms with Crippen LogP contribution in [0.1, 0.15) is 19.8 Å². The Bertz CT molecular complexity index is 674. The molecule has 2 N–H and O–H groups in total. The molecule has 22 heavy (non-hydrogen) atoms. The van der Waals surface area contributed by atoms with Crippen molar-refractivity contribution < 1.29 is 18.0 Å². The van der Waals surface area contributed by atoms with Crippen molar-refractivity contribution in [1.29, 1.82) is 0 Å². The molecule has 2 aromatic rings. The third kappa shape index (κ3) is 3.75. The van der Waals surface area contributed by atoms with Crippen molar-refractivity contribution in [2.75, 3.05) is 10.6 Å². The Hall–Kier alpha value is -2.57. The second kappa shape index (κ2) is 6.93. The highest BCUT2D eigenvalue weighted by Crippen LogP contribution is 2.23. The van der Waals surface area contributed by atoms with Crippen LogP contribution in [0.25, 0.3) is 0 Å². The molecule has 0 unspecified atom stereocenters. The predicted octanol–water partition coefficient (Wildman–Crippen LogP) is 3.98. The van der Waals surface area contributed by atoms with Gasteiger partial charge >= 0.3 is 0 Å². The van der Waals surface area contributed by atoms with Gasteiger partial charge in [-0.2, -0.15) is 0 Å². The lowest BCUT2D eigenvalue weighted by Gasteiger charge is -2.09. The molecule has 1 aromatic carbocycles. The summed E-state index contributed by atoms with van der Waals surface area (Å²) in [6, 6.07) is 4.97. The first-order chi connectivity index (χ1) is 10.5. The molecule has 1 aromatic heterocycles. The molecule has 0 spiro atoms. The normalized spacial score (nSPS) is 10.4. The predicted molar refractivity (Wildman–Crippen MR) is 77.4 cm³/mol. The fraction of sp³-hybridized carbons (Fsp3) is 0.200. The van der Waals surface area contributed by atoms with E-state index < -0.39 is 17.5 Å². The van der Waals surface area contributed by atoms with Crippen molar-refractivity contribution >= 4 is 23.1 Å². The van der Waals surface area contributed by atoms with Gasteiger partial charge in [0.15, 0.2) is 17.5 Å². The van der Waals surface area contributed by atoms with E-state index in [1.807, 2.05) is 6.92 Å². The Kier molecular flexibility index (Phi) is 4.98. The second-order valence-electron chi connectivity index (χ2n) is 4.58. The van der Waals surface area contributed by atoms with Crippen LogP contribution in [-0.4, -0.2) is 10.9 Å². The summed E-state index contributed by atoms with van der Waals surface area (Å²) >= 11 is 0. The summed E-state index contributed by atoms with van der Waals surface area (Å²) in [6.45, 7) is 1.89. The number of carbonyl (C=O) groups is 1. The molecule has 0 atom stereocenters. The summed E-state index contributed by atoms with van der Waals surface area (Å²) in [7, 11) is 0. The van der Waals surface area contributed by atoms with Gasteiger partial charge in [-0.3, -0.25) is 4.79 Å². The number of nitrogens with zero attached hydrogens (tertiary/aromatic N) is 1. The zero-order valence-electron chi connectivity index (χ0n) is 11.8. The Morgan fingerprint density at radius 2 is 1.91 bits per heavy atom. The molecule has 0 radical (unpaired) electrons. The van der Waals surface area contributed by atoms with Gasteiger partial charge in [-0.1, -0.05) is 6.92 Å². The SMILES string of the molecule is CCCC(=O)Nc1ccc(Nc2ccc(F)c(F)c2F)cn1. The van der Waals surface area contributed by atoms with Crippen molar-refractivity contribution in [3.63, 3.8) is 0 Å². The number of carbonyl (C=O) groups excluding carboxylic acids is 1. The Balaban J connectivity index is 2.09. The van der Waals surface area contributed by atoms with Crippen LogP contribution >= 0.6 is 0 Å². The molecule has 0 aliphatic rings. The zero-order valence-corrected chi connectivity index (χ0v) is 11.8. The molecule has 2 rings (SSSR count). The zero-order chi connectivity index (χ0) is 16.1. The van der Waals surface area contributed by atoms with E-state index in [0.717, 1.165) is 18.6 Å². The number of anilines is 3. The van der Waals surface area contributed by atoms with E-state index in [1.54, 1.807) is 0 Å². The minimum atomic E-state index is -1.54. The lowest BCUT2D eigenvalue weighted by molar-refractivity contribution is -0.116. The van der Waals surface area contributed by atoms with Gasteiger partial charge in [0.1, 0.15) is 5.82 Å². The first-order valence-corrected chi connectivity index (χ1v) is 6.67. The maximum absolute atomic E-state index is 13.5. The number of rotatable bonds is 5. The third-order valence-corrected chi connectivity index (χ3v) is 2.82. The molecule has 0 aliphatic carbocycles. The summed E-state index contributed by atoms with van der Waals surface area (Å²) in [4.78, 5) is 15.4. The molecule has 1 amide bonds. The fourth-order valence-electron chi connectivity index (χ4n) is 1.75. The number of benzene rings is 1. The van der Waals surface area contributed by atoms with Crippen LogP contribution in [-0.2, 0) is 4.79 Å². The highest BCUT2D eigenvalue weighted by Gasteiger charge is 2.13. The van der Waals surface area contributed by atoms with Gasteiger partial charge < -0.3 is 10.6 Å². The summed E-state index contributed by atoms with van der Waals surface area (Å²) in [6.07, 6.45) is 2.46. The van der Waals surface area contributed by atoms with Crippen LogP contribution in [0.15, 0.2) is 30.5 Å². The number of halogens is 3. The maximum Gasteiger partial charge on any atom is 0.225 e. The fourth-order valence-corrected chi connectivity index (χ4v) is 1.75. The van der Waals surface area contributed by atoms with E-state index in [1.165, 1.54) is 18.3 Å². The average Bonchev–Trinajstić information content (AvgIpc) is 2.50. The van der Waals surface area contributed by atoms with Crippen LogP contribution < -0.4 is 10.6 Å². The lowest BCUT2D eigenvalue weighted by atomic mass is 10.2. The molecule has 0 aliphatic heterocycles. The van der Waals surface area contributed by atoms with Gasteiger partial charge in [-0.25, -0.2) is 18.2 Å². The molecule has 1 heterocycles. The van der Waals surface area contributed by atoms with E-state index in [0.29, 0.717) is 17.9 Å². The number of pyridine rings is 1. The maximum atomic E-state index is 13.5. The third-order valence-electron chi connectivity index (χ3n) is 2.82. The Labute approximate surface area is 125 Å². The molecule has 0 bridgehead atoms. The molecular weight excluding hydrogens is 295 g/mol. The van der Waals surface area contributed by atoms with Crippen molar-refractivity contribution in [2.45, 2.75) is 19.8 Å². The van der Waals surface area contributed by atoms with Crippen molar-refractivity contribution in [2.24, 2.45) is 0 Å². The molecule has 116 valence electrons. The monoisotopic (exact) mass is 309 g/mol. The van der Waals surface area contributed by atoms with Crippen LogP contribution in [0.4, 0.5) is 30.4 Å². The average molecular weight is 309 g/mol. The molecular formula is C15H14F3N3O. The summed E-state index contributed by atoms with van der Waals surface area (Å²) in [5.41, 5.74) is 0.168. The number of hydrogen-bond acceptors (Lipinski definition) is 3. The van der Waals surface area contributed by atoms with Gasteiger partial charge in [-0.05, 0) is 30.7 Å². The van der Waals surface area contributed by atoms with Gasteiger partial charge in [0.05, 0.1) is 17.6 Å². The van der Waals surface area contributed by atoms with E-state index in [4.69, 9.17) is 0 Å². The first-order valence-electron chi connectivity index (χ1n) is 6.67. The Morgan fingerprint density at radius 3 is 2.55 bits per heavy atom. The minimum absolute atomic E-state index is 0.151. The number of hydrogen-bond donors (Lipinski definition) is 2. The van der Waals surface area contributed by atoms with Crippen LogP contribution in [0.3, 0.4) is 0 Å². The van der Waals surface area contributed by atoms with Gasteiger partial charge in [0, 0.05) is 6.42 Å². The smallest absolute Gasteiger partial charge is 0.225 e. The van der Waals surface area contributed by atoms with Gasteiger partial charge in [0.25, 0.3) is 0 Å². The first kappa shape index (κ1) is 15.8. The highest BCUT2D eigenvalue weighted by atomic mass is 19.2. The summed E-state index contributed by atoms with van der Waals surface area (Å²) in [5.74, 6) is -3.89. The molecule has 7 heteroatoms. The topological polar surface area (TPSA) is 54.0 Å². The lowest BCUT2D eigenvalue weighted by Crippen LogP contribution is -2.11. The van der Waals surface area contributed by atoms with Gasteiger partial charge in [0.2, 0.25) is 5.91 Å². The van der Waals surface area contributed by atoms with Crippen molar-refractivity contribution in [3.05, 3.63) is 47.9 Å². The second-order valence-corrected chi connectivity index (χ2v) is 4.58. The van der Waals surface area contributed by atoms with E-state index >= 15 is 0 Å².